The van der Waals surface area contributed by atoms with Crippen LogP contribution in [0.25, 0.3) is 5.65 Å². The molecular weight excluding hydrogens is 260 g/mol. The van der Waals surface area contributed by atoms with Gasteiger partial charge in [-0.05, 0) is 18.9 Å². The Morgan fingerprint density at radius 2 is 2.21 bits per heavy atom. The van der Waals surface area contributed by atoms with E-state index in [1.807, 2.05) is 16.6 Å². The Kier molecular flexibility index (Phi) is 2.44. The summed E-state index contributed by atoms with van der Waals surface area (Å²) in [7, 11) is 0. The van der Waals surface area contributed by atoms with Gasteiger partial charge in [0, 0.05) is 18.2 Å². The molecule has 96 valence electrons. The third-order valence-electron chi connectivity index (χ3n) is 3.16. The number of nitrogens with one attached hydrogen (secondary N) is 1. The summed E-state index contributed by atoms with van der Waals surface area (Å²) in [6, 6.07) is 3.84. The molecule has 0 bridgehead atoms. The third-order valence-corrected chi connectivity index (χ3v) is 4.20. The lowest BCUT2D eigenvalue weighted by atomic mass is 10.4. The maximum Gasteiger partial charge on any atom is 0.206 e. The van der Waals surface area contributed by atoms with Crippen molar-refractivity contribution in [3.05, 3.63) is 35.2 Å². The first-order valence-corrected chi connectivity index (χ1v) is 7.07. The predicted octanol–water partition coefficient (Wildman–Crippen LogP) is 2.07. The molecule has 0 aliphatic heterocycles. The average molecular weight is 272 g/mol. The fraction of sp³-hybridized carbons (Fsp3) is 0.333. The standard InChI is InChI=1S/C12H12N6S/c1-2-8(1)11-16-17-12(19-11)14-7-9-3-5-13-10-4-6-15-18(9)10/h3-6,8H,1-2,7H2,(H,14,17). The maximum absolute atomic E-state index is 4.26. The molecule has 19 heavy (non-hydrogen) atoms. The van der Waals surface area contributed by atoms with Crippen LogP contribution in [0.2, 0.25) is 0 Å². The number of nitrogens with zero attached hydrogens (tertiary/aromatic N) is 5. The minimum atomic E-state index is 0.659. The molecule has 3 aromatic rings. The lowest BCUT2D eigenvalue weighted by Crippen LogP contribution is -2.06. The number of rotatable bonds is 4. The van der Waals surface area contributed by atoms with E-state index in [0.29, 0.717) is 12.5 Å². The van der Waals surface area contributed by atoms with Gasteiger partial charge in [0.25, 0.3) is 0 Å². The van der Waals surface area contributed by atoms with Crippen LogP contribution < -0.4 is 5.32 Å². The first kappa shape index (κ1) is 10.9. The summed E-state index contributed by atoms with van der Waals surface area (Å²) >= 11 is 1.65. The second-order valence-corrected chi connectivity index (χ2v) is 5.62. The van der Waals surface area contributed by atoms with Gasteiger partial charge < -0.3 is 5.32 Å². The van der Waals surface area contributed by atoms with E-state index in [1.54, 1.807) is 23.7 Å². The van der Waals surface area contributed by atoms with Crippen LogP contribution in [-0.2, 0) is 6.54 Å². The van der Waals surface area contributed by atoms with E-state index >= 15 is 0 Å². The van der Waals surface area contributed by atoms with Crippen molar-refractivity contribution in [2.45, 2.75) is 25.3 Å². The van der Waals surface area contributed by atoms with Crippen molar-refractivity contribution in [2.24, 2.45) is 0 Å². The maximum atomic E-state index is 4.26. The lowest BCUT2D eigenvalue weighted by Gasteiger charge is -2.04. The highest BCUT2D eigenvalue weighted by Gasteiger charge is 2.27. The topological polar surface area (TPSA) is 68.0 Å². The van der Waals surface area contributed by atoms with Gasteiger partial charge in [-0.2, -0.15) is 5.10 Å². The van der Waals surface area contributed by atoms with E-state index in [2.05, 4.69) is 25.6 Å². The van der Waals surface area contributed by atoms with Gasteiger partial charge in [-0.25, -0.2) is 9.50 Å². The SMILES string of the molecule is c1cc(CNc2nnc(C3CC3)s2)n2nccc2n1. The zero-order valence-corrected chi connectivity index (χ0v) is 11.0. The molecule has 1 aliphatic carbocycles. The molecule has 0 aromatic carbocycles. The predicted molar refractivity (Wildman–Crippen MR) is 72.2 cm³/mol. The molecule has 6 nitrogen and oxygen atoms in total. The van der Waals surface area contributed by atoms with Gasteiger partial charge in [0.05, 0.1) is 18.4 Å². The molecule has 1 aliphatic rings. The quantitative estimate of drug-likeness (QED) is 0.787. The van der Waals surface area contributed by atoms with Crippen molar-refractivity contribution in [2.75, 3.05) is 5.32 Å². The summed E-state index contributed by atoms with van der Waals surface area (Å²) in [6.07, 6.45) is 6.06. The minimum absolute atomic E-state index is 0.659. The van der Waals surface area contributed by atoms with Gasteiger partial charge in [-0.15, -0.1) is 10.2 Å². The second kappa shape index (κ2) is 4.27. The fourth-order valence-corrected chi connectivity index (χ4v) is 2.90. The highest BCUT2D eigenvalue weighted by Crippen LogP contribution is 2.42. The minimum Gasteiger partial charge on any atom is -0.354 e. The van der Waals surface area contributed by atoms with Crippen LogP contribution in [0.5, 0.6) is 0 Å². The molecule has 1 saturated carbocycles. The van der Waals surface area contributed by atoms with Gasteiger partial charge in [0.2, 0.25) is 5.13 Å². The highest BCUT2D eigenvalue weighted by molar-refractivity contribution is 7.15. The Bertz CT molecular complexity index is 714. The highest BCUT2D eigenvalue weighted by atomic mass is 32.1. The van der Waals surface area contributed by atoms with Crippen molar-refractivity contribution in [1.29, 1.82) is 0 Å². The zero-order chi connectivity index (χ0) is 12.7. The number of anilines is 1. The van der Waals surface area contributed by atoms with Gasteiger partial charge in [0.15, 0.2) is 5.65 Å². The van der Waals surface area contributed by atoms with Crippen molar-refractivity contribution < 1.29 is 0 Å². The zero-order valence-electron chi connectivity index (χ0n) is 10.2. The lowest BCUT2D eigenvalue weighted by molar-refractivity contribution is 0.851. The Morgan fingerprint density at radius 3 is 3.11 bits per heavy atom. The van der Waals surface area contributed by atoms with Gasteiger partial charge >= 0.3 is 0 Å². The van der Waals surface area contributed by atoms with Gasteiger partial charge in [-0.3, -0.25) is 0 Å². The van der Waals surface area contributed by atoms with Crippen LogP contribution in [0.3, 0.4) is 0 Å². The fourth-order valence-electron chi connectivity index (χ4n) is 1.99. The molecule has 0 amide bonds. The van der Waals surface area contributed by atoms with Crippen LogP contribution in [-0.4, -0.2) is 24.8 Å². The summed E-state index contributed by atoms with van der Waals surface area (Å²) in [5.74, 6) is 0.659. The monoisotopic (exact) mass is 272 g/mol. The normalized spacial score (nSPS) is 14.9. The van der Waals surface area contributed by atoms with E-state index in [1.165, 1.54) is 12.8 Å². The van der Waals surface area contributed by atoms with Crippen LogP contribution in [0, 0.1) is 0 Å². The second-order valence-electron chi connectivity index (χ2n) is 4.61. The summed E-state index contributed by atoms with van der Waals surface area (Å²) in [4.78, 5) is 4.24. The molecule has 7 heteroatoms. The first-order valence-electron chi connectivity index (χ1n) is 6.25. The summed E-state index contributed by atoms with van der Waals surface area (Å²) in [5, 5.41) is 18.0. The summed E-state index contributed by atoms with van der Waals surface area (Å²) in [6.45, 7) is 0.667. The third kappa shape index (κ3) is 2.06. The number of aromatic nitrogens is 5. The van der Waals surface area contributed by atoms with E-state index < -0.39 is 0 Å². The Morgan fingerprint density at radius 1 is 1.26 bits per heavy atom. The molecule has 3 aromatic heterocycles. The smallest absolute Gasteiger partial charge is 0.206 e. The molecule has 0 radical (unpaired) electrons. The Hall–Kier alpha value is -2.02. The molecule has 1 N–H and O–H groups in total. The van der Waals surface area contributed by atoms with Crippen molar-refractivity contribution >= 4 is 22.1 Å². The summed E-state index contributed by atoms with van der Waals surface area (Å²) < 4.78 is 1.83. The van der Waals surface area contributed by atoms with E-state index in [-0.39, 0.29) is 0 Å². The van der Waals surface area contributed by atoms with Crippen molar-refractivity contribution in [3.8, 4) is 0 Å². The molecule has 1 fully saturated rings. The Labute approximate surface area is 113 Å². The van der Waals surface area contributed by atoms with Crippen LogP contribution in [0.1, 0.15) is 29.5 Å². The molecule has 0 unspecified atom stereocenters. The average Bonchev–Trinajstić information content (AvgIpc) is 3.00. The Balaban J connectivity index is 1.52. The number of fused-ring (bicyclic) bond motifs is 1. The molecule has 4 rings (SSSR count). The van der Waals surface area contributed by atoms with Crippen LogP contribution in [0.15, 0.2) is 24.5 Å². The largest absolute Gasteiger partial charge is 0.354 e. The van der Waals surface area contributed by atoms with Crippen LogP contribution >= 0.6 is 11.3 Å². The van der Waals surface area contributed by atoms with Gasteiger partial charge in [-0.1, -0.05) is 11.3 Å². The molecule has 3 heterocycles. The van der Waals surface area contributed by atoms with Gasteiger partial charge in [0.1, 0.15) is 5.01 Å². The number of hydrogen-bond donors (Lipinski definition) is 1. The van der Waals surface area contributed by atoms with Crippen molar-refractivity contribution in [1.82, 2.24) is 24.8 Å². The summed E-state index contributed by atoms with van der Waals surface area (Å²) in [5.41, 5.74) is 1.91. The first-order chi connectivity index (χ1) is 9.40. The van der Waals surface area contributed by atoms with Crippen molar-refractivity contribution in [3.63, 3.8) is 0 Å². The van der Waals surface area contributed by atoms with E-state index in [9.17, 15) is 0 Å². The van der Waals surface area contributed by atoms with E-state index in [4.69, 9.17) is 0 Å². The van der Waals surface area contributed by atoms with Crippen LogP contribution in [0.4, 0.5) is 5.13 Å². The molecule has 0 spiro atoms. The van der Waals surface area contributed by atoms with E-state index in [0.717, 1.165) is 21.5 Å². The molecule has 0 saturated heterocycles. The molecular formula is C12H12N6S. The molecule has 0 atom stereocenters. The number of hydrogen-bond acceptors (Lipinski definition) is 6.